The summed E-state index contributed by atoms with van der Waals surface area (Å²) >= 11 is 3.02. The van der Waals surface area contributed by atoms with Crippen LogP contribution in [0.5, 0.6) is 5.75 Å². The van der Waals surface area contributed by atoms with Crippen LogP contribution in [0.2, 0.25) is 0 Å². The molecule has 0 saturated heterocycles. The van der Waals surface area contributed by atoms with Gasteiger partial charge < -0.3 is 10.1 Å². The van der Waals surface area contributed by atoms with Crippen LogP contribution in [0.25, 0.3) is 11.3 Å². The summed E-state index contributed by atoms with van der Waals surface area (Å²) in [7, 11) is 0. The molecule has 0 bridgehead atoms. The SMILES string of the molecule is Cc1csc(SCC(=O)NC[C@H]2Cc3cccc(-c4cnccn4)c3O2)n1. The summed E-state index contributed by atoms with van der Waals surface area (Å²) in [5, 5.41) is 4.94. The lowest BCUT2D eigenvalue weighted by Gasteiger charge is -2.13. The minimum absolute atomic E-state index is 0.0124. The molecule has 1 amide bonds. The van der Waals surface area contributed by atoms with Gasteiger partial charge in [0, 0.05) is 35.5 Å². The number of nitrogens with zero attached hydrogens (tertiary/aromatic N) is 3. The van der Waals surface area contributed by atoms with E-state index < -0.39 is 0 Å². The first-order valence-electron chi connectivity index (χ1n) is 8.55. The van der Waals surface area contributed by atoms with Crippen molar-refractivity contribution in [1.29, 1.82) is 0 Å². The van der Waals surface area contributed by atoms with Gasteiger partial charge in [-0.2, -0.15) is 0 Å². The fourth-order valence-corrected chi connectivity index (χ4v) is 4.58. The van der Waals surface area contributed by atoms with Gasteiger partial charge in [0.25, 0.3) is 0 Å². The lowest BCUT2D eigenvalue weighted by atomic mass is 10.0. The fourth-order valence-electron chi connectivity index (χ4n) is 2.90. The maximum absolute atomic E-state index is 12.1. The lowest BCUT2D eigenvalue weighted by molar-refractivity contribution is -0.118. The Hall–Kier alpha value is -2.45. The number of hydrogen-bond acceptors (Lipinski definition) is 7. The van der Waals surface area contributed by atoms with Crippen LogP contribution in [-0.2, 0) is 11.2 Å². The van der Waals surface area contributed by atoms with Crippen molar-refractivity contribution >= 4 is 29.0 Å². The number of fused-ring (bicyclic) bond motifs is 1. The number of aromatic nitrogens is 3. The smallest absolute Gasteiger partial charge is 0.230 e. The molecule has 1 aliphatic heterocycles. The molecule has 2 aromatic heterocycles. The van der Waals surface area contributed by atoms with Crippen molar-refractivity contribution < 1.29 is 9.53 Å². The van der Waals surface area contributed by atoms with Gasteiger partial charge >= 0.3 is 0 Å². The third-order valence-electron chi connectivity index (χ3n) is 4.12. The third-order valence-corrected chi connectivity index (χ3v) is 6.26. The molecule has 4 rings (SSSR count). The number of thioether (sulfide) groups is 1. The third kappa shape index (κ3) is 4.28. The zero-order chi connectivity index (χ0) is 18.6. The average Bonchev–Trinajstić information content (AvgIpc) is 3.30. The maximum atomic E-state index is 12.1. The van der Waals surface area contributed by atoms with Crippen LogP contribution in [0.3, 0.4) is 0 Å². The van der Waals surface area contributed by atoms with Crippen molar-refractivity contribution in [3.05, 3.63) is 53.4 Å². The Morgan fingerprint density at radius 3 is 3.11 bits per heavy atom. The monoisotopic (exact) mass is 398 g/mol. The zero-order valence-corrected chi connectivity index (χ0v) is 16.3. The quantitative estimate of drug-likeness (QED) is 0.643. The van der Waals surface area contributed by atoms with Crippen molar-refractivity contribution in [2.75, 3.05) is 12.3 Å². The van der Waals surface area contributed by atoms with E-state index in [2.05, 4.69) is 26.3 Å². The van der Waals surface area contributed by atoms with Crippen LogP contribution in [0.1, 0.15) is 11.3 Å². The van der Waals surface area contributed by atoms with Crippen LogP contribution in [0, 0.1) is 6.92 Å². The highest BCUT2D eigenvalue weighted by Gasteiger charge is 2.26. The Balaban J connectivity index is 1.33. The predicted octanol–water partition coefficient (Wildman–Crippen LogP) is 3.12. The molecular formula is C19H18N4O2S2. The van der Waals surface area contributed by atoms with Gasteiger partial charge in [-0.3, -0.25) is 14.8 Å². The highest BCUT2D eigenvalue weighted by Crippen LogP contribution is 2.37. The van der Waals surface area contributed by atoms with Crippen molar-refractivity contribution in [2.24, 2.45) is 0 Å². The van der Waals surface area contributed by atoms with E-state index in [4.69, 9.17) is 4.74 Å². The lowest BCUT2D eigenvalue weighted by Crippen LogP contribution is -2.35. The Bertz CT molecular complexity index is 946. The fraction of sp³-hybridized carbons (Fsp3) is 0.263. The van der Waals surface area contributed by atoms with E-state index in [9.17, 15) is 4.79 Å². The second-order valence-electron chi connectivity index (χ2n) is 6.18. The number of nitrogens with one attached hydrogen (secondary N) is 1. The van der Waals surface area contributed by atoms with E-state index in [1.165, 1.54) is 11.8 Å². The first-order valence-corrected chi connectivity index (χ1v) is 10.4. The summed E-state index contributed by atoms with van der Waals surface area (Å²) in [6.45, 7) is 2.43. The summed E-state index contributed by atoms with van der Waals surface area (Å²) in [5.41, 5.74) is 3.84. The summed E-state index contributed by atoms with van der Waals surface area (Å²) in [4.78, 5) is 25.0. The van der Waals surface area contributed by atoms with Gasteiger partial charge in [-0.1, -0.05) is 23.9 Å². The summed E-state index contributed by atoms with van der Waals surface area (Å²) in [6.07, 6.45) is 5.74. The summed E-state index contributed by atoms with van der Waals surface area (Å²) < 4.78 is 7.03. The molecule has 138 valence electrons. The second-order valence-corrected chi connectivity index (χ2v) is 8.26. The van der Waals surface area contributed by atoms with Gasteiger partial charge in [-0.05, 0) is 18.6 Å². The number of carbonyl (C=O) groups excluding carboxylic acids is 1. The molecule has 0 fully saturated rings. The van der Waals surface area contributed by atoms with E-state index in [1.54, 1.807) is 29.9 Å². The number of ether oxygens (including phenoxy) is 1. The predicted molar refractivity (Wildman–Crippen MR) is 106 cm³/mol. The molecule has 1 atom stereocenters. The number of benzene rings is 1. The first kappa shape index (κ1) is 17.9. The average molecular weight is 399 g/mol. The topological polar surface area (TPSA) is 77.0 Å². The van der Waals surface area contributed by atoms with Gasteiger partial charge in [-0.25, -0.2) is 4.98 Å². The molecule has 8 heteroatoms. The Morgan fingerprint density at radius 2 is 2.33 bits per heavy atom. The van der Waals surface area contributed by atoms with Crippen LogP contribution in [0.15, 0.2) is 46.5 Å². The molecule has 0 saturated carbocycles. The molecule has 0 unspecified atom stereocenters. The number of hydrogen-bond donors (Lipinski definition) is 1. The van der Waals surface area contributed by atoms with Gasteiger partial charge in [0.1, 0.15) is 11.9 Å². The van der Waals surface area contributed by atoms with Crippen molar-refractivity contribution in [2.45, 2.75) is 23.8 Å². The number of aryl methyl sites for hydroxylation is 1. The number of para-hydroxylation sites is 1. The molecule has 1 aliphatic rings. The highest BCUT2D eigenvalue weighted by molar-refractivity contribution is 8.01. The number of thiazole rings is 1. The molecule has 0 radical (unpaired) electrons. The zero-order valence-electron chi connectivity index (χ0n) is 14.7. The van der Waals surface area contributed by atoms with E-state index in [1.807, 2.05) is 24.4 Å². The minimum Gasteiger partial charge on any atom is -0.487 e. The van der Waals surface area contributed by atoms with Crippen molar-refractivity contribution in [3.8, 4) is 17.0 Å². The first-order chi connectivity index (χ1) is 13.2. The number of carbonyl (C=O) groups is 1. The Kier molecular flexibility index (Phi) is 5.35. The molecule has 3 heterocycles. The maximum Gasteiger partial charge on any atom is 0.230 e. The molecular weight excluding hydrogens is 380 g/mol. The molecule has 0 aliphatic carbocycles. The largest absolute Gasteiger partial charge is 0.487 e. The van der Waals surface area contributed by atoms with E-state index >= 15 is 0 Å². The van der Waals surface area contributed by atoms with Gasteiger partial charge in [-0.15, -0.1) is 11.3 Å². The van der Waals surface area contributed by atoms with Crippen LogP contribution in [-0.4, -0.2) is 39.3 Å². The van der Waals surface area contributed by atoms with Gasteiger partial charge in [0.15, 0.2) is 4.34 Å². The van der Waals surface area contributed by atoms with Crippen LogP contribution < -0.4 is 10.1 Å². The second kappa shape index (κ2) is 8.06. The summed E-state index contributed by atoms with van der Waals surface area (Å²) in [6, 6.07) is 6.04. The standard InChI is InChI=1S/C19H18N4O2S2/c1-12-10-26-19(23-12)27-11-17(24)22-8-14-7-13-3-2-4-15(18(13)25-14)16-9-20-5-6-21-16/h2-6,9-10,14H,7-8,11H2,1H3,(H,22,24)/t14-/m1/s1. The molecule has 27 heavy (non-hydrogen) atoms. The summed E-state index contributed by atoms with van der Waals surface area (Å²) in [5.74, 6) is 1.18. The van der Waals surface area contributed by atoms with Crippen LogP contribution >= 0.6 is 23.1 Å². The van der Waals surface area contributed by atoms with Crippen molar-refractivity contribution in [3.63, 3.8) is 0 Å². The van der Waals surface area contributed by atoms with Crippen molar-refractivity contribution in [1.82, 2.24) is 20.3 Å². The molecule has 3 aromatic rings. The highest BCUT2D eigenvalue weighted by atomic mass is 32.2. The minimum atomic E-state index is -0.0751. The number of amides is 1. The number of rotatable bonds is 6. The molecule has 1 aromatic carbocycles. The Morgan fingerprint density at radius 1 is 1.41 bits per heavy atom. The molecule has 0 spiro atoms. The van der Waals surface area contributed by atoms with E-state index in [0.717, 1.165) is 39.0 Å². The van der Waals surface area contributed by atoms with E-state index in [-0.39, 0.29) is 12.0 Å². The molecule has 6 nitrogen and oxygen atoms in total. The Labute approximate surface area is 165 Å². The van der Waals surface area contributed by atoms with Gasteiger partial charge in [0.05, 0.1) is 24.2 Å². The van der Waals surface area contributed by atoms with Crippen LogP contribution in [0.4, 0.5) is 0 Å². The van der Waals surface area contributed by atoms with E-state index in [0.29, 0.717) is 12.3 Å². The molecule has 1 N–H and O–H groups in total. The van der Waals surface area contributed by atoms with Gasteiger partial charge in [0.2, 0.25) is 5.91 Å². The normalized spacial score (nSPS) is 15.2.